The zero-order chi connectivity index (χ0) is 20.0. The number of hydrogen-bond donors (Lipinski definition) is 3. The molecule has 0 saturated heterocycles. The van der Waals surface area contributed by atoms with Crippen LogP contribution >= 0.6 is 0 Å². The number of nitrogens with zero attached hydrogens (tertiary/aromatic N) is 1. The van der Waals surface area contributed by atoms with Crippen LogP contribution in [0.3, 0.4) is 0 Å². The highest BCUT2D eigenvalue weighted by atomic mass is 16.4. The van der Waals surface area contributed by atoms with Gasteiger partial charge in [0, 0.05) is 17.9 Å². The van der Waals surface area contributed by atoms with Crippen molar-refractivity contribution in [3.05, 3.63) is 52.3 Å². The maximum absolute atomic E-state index is 10.9. The molecule has 4 N–H and O–H groups in total. The number of pyridine rings is 1. The second-order valence-electron chi connectivity index (χ2n) is 7.48. The van der Waals surface area contributed by atoms with E-state index in [1.165, 1.54) is 11.1 Å². The maximum atomic E-state index is 10.9. The summed E-state index contributed by atoms with van der Waals surface area (Å²) in [5.41, 5.74) is 13.7. The maximum Gasteiger partial charge on any atom is 0.317 e. The van der Waals surface area contributed by atoms with Crippen molar-refractivity contribution >= 4 is 5.97 Å². The van der Waals surface area contributed by atoms with Gasteiger partial charge in [-0.05, 0) is 61.4 Å². The molecule has 0 fully saturated rings. The highest BCUT2D eigenvalue weighted by Gasteiger charge is 2.19. The van der Waals surface area contributed by atoms with Gasteiger partial charge < -0.3 is 16.2 Å². The smallest absolute Gasteiger partial charge is 0.317 e. The van der Waals surface area contributed by atoms with Gasteiger partial charge in [0.1, 0.15) is 0 Å². The van der Waals surface area contributed by atoms with Crippen LogP contribution in [-0.4, -0.2) is 29.1 Å². The Bertz CT molecular complexity index is 783. The molecule has 0 aliphatic carbocycles. The zero-order valence-corrected chi connectivity index (χ0v) is 16.8. The Labute approximate surface area is 162 Å². The number of hydrogen-bond acceptors (Lipinski definition) is 4. The van der Waals surface area contributed by atoms with E-state index in [1.54, 1.807) is 0 Å². The summed E-state index contributed by atoms with van der Waals surface area (Å²) in [6.07, 6.45) is 1.66. The normalized spacial score (nSPS) is 11.2. The molecule has 0 saturated carbocycles. The summed E-state index contributed by atoms with van der Waals surface area (Å²) in [6.45, 7) is 9.40. The van der Waals surface area contributed by atoms with Gasteiger partial charge in [0.25, 0.3) is 0 Å². The first-order chi connectivity index (χ1) is 12.8. The van der Waals surface area contributed by atoms with Crippen LogP contribution in [0.15, 0.2) is 24.3 Å². The molecule has 27 heavy (non-hydrogen) atoms. The zero-order valence-electron chi connectivity index (χ0n) is 16.8. The third kappa shape index (κ3) is 5.62. The Kier molecular flexibility index (Phi) is 7.51. The number of aromatic nitrogens is 1. The second kappa shape index (κ2) is 9.62. The van der Waals surface area contributed by atoms with Gasteiger partial charge in [0.2, 0.25) is 0 Å². The average Bonchev–Trinajstić information content (AvgIpc) is 2.59. The highest BCUT2D eigenvalue weighted by molar-refractivity contribution is 5.73. The number of nitrogens with two attached hydrogens (primary N) is 1. The van der Waals surface area contributed by atoms with Crippen LogP contribution < -0.4 is 11.1 Å². The monoisotopic (exact) mass is 369 g/mol. The fraction of sp³-hybridized carbons (Fsp3) is 0.455. The van der Waals surface area contributed by atoms with Gasteiger partial charge in [-0.25, -0.2) is 0 Å². The molecule has 0 radical (unpaired) electrons. The van der Waals surface area contributed by atoms with E-state index in [9.17, 15) is 4.79 Å². The minimum atomic E-state index is -0.865. The number of carboxylic acid groups (broad SMARTS) is 1. The van der Waals surface area contributed by atoms with E-state index >= 15 is 0 Å². The first kappa shape index (κ1) is 21.1. The number of carbonyl (C=O) groups is 1. The summed E-state index contributed by atoms with van der Waals surface area (Å²) in [4.78, 5) is 15.8. The van der Waals surface area contributed by atoms with Crippen LogP contribution in [-0.2, 0) is 24.2 Å². The number of aryl methyl sites for hydroxylation is 2. The summed E-state index contributed by atoms with van der Waals surface area (Å²) in [5.74, 6) is -0.369. The SMILES string of the molecule is Cc1ccc(-c2c(CNCC(=O)O)c(C)nc(CC(C)C)c2CCN)cc1. The summed E-state index contributed by atoms with van der Waals surface area (Å²) < 4.78 is 0. The van der Waals surface area contributed by atoms with Gasteiger partial charge in [-0.1, -0.05) is 43.7 Å². The summed E-state index contributed by atoms with van der Waals surface area (Å²) in [5, 5.41) is 12.0. The van der Waals surface area contributed by atoms with Gasteiger partial charge in [-0.3, -0.25) is 9.78 Å². The molecular weight excluding hydrogens is 338 g/mol. The first-order valence-corrected chi connectivity index (χ1v) is 9.54. The lowest BCUT2D eigenvalue weighted by Crippen LogP contribution is -2.24. The summed E-state index contributed by atoms with van der Waals surface area (Å²) >= 11 is 0. The predicted molar refractivity (Wildman–Crippen MR) is 110 cm³/mol. The number of benzene rings is 1. The van der Waals surface area contributed by atoms with Crippen LogP contribution in [0.2, 0.25) is 0 Å². The van der Waals surface area contributed by atoms with E-state index < -0.39 is 5.97 Å². The predicted octanol–water partition coefficient (Wildman–Crippen LogP) is 3.24. The molecule has 0 spiro atoms. The van der Waals surface area contributed by atoms with Crippen LogP contribution in [0.4, 0.5) is 0 Å². The van der Waals surface area contributed by atoms with Gasteiger partial charge in [-0.2, -0.15) is 0 Å². The molecule has 0 amide bonds. The summed E-state index contributed by atoms with van der Waals surface area (Å²) in [6, 6.07) is 8.47. The van der Waals surface area contributed by atoms with Crippen molar-refractivity contribution in [2.45, 2.75) is 47.1 Å². The van der Waals surface area contributed by atoms with E-state index in [-0.39, 0.29) is 6.54 Å². The molecule has 0 aliphatic heterocycles. The lowest BCUT2D eigenvalue weighted by molar-refractivity contribution is -0.136. The molecule has 1 aromatic heterocycles. The number of carboxylic acids is 1. The number of aliphatic carboxylic acids is 1. The van der Waals surface area contributed by atoms with Crippen LogP contribution in [0.1, 0.15) is 41.9 Å². The lowest BCUT2D eigenvalue weighted by atomic mass is 9.88. The lowest BCUT2D eigenvalue weighted by Gasteiger charge is -2.22. The number of rotatable bonds is 9. The molecule has 5 nitrogen and oxygen atoms in total. The van der Waals surface area contributed by atoms with Crippen LogP contribution in [0.25, 0.3) is 11.1 Å². The van der Waals surface area contributed by atoms with Crippen molar-refractivity contribution in [3.63, 3.8) is 0 Å². The van der Waals surface area contributed by atoms with Crippen LogP contribution in [0, 0.1) is 19.8 Å². The first-order valence-electron chi connectivity index (χ1n) is 9.54. The molecule has 1 heterocycles. The molecule has 5 heteroatoms. The Morgan fingerprint density at radius 1 is 1.19 bits per heavy atom. The minimum absolute atomic E-state index is 0.0766. The average molecular weight is 370 g/mol. The van der Waals surface area contributed by atoms with E-state index in [4.69, 9.17) is 15.8 Å². The van der Waals surface area contributed by atoms with E-state index in [0.29, 0.717) is 19.0 Å². The quantitative estimate of drug-likeness (QED) is 0.631. The van der Waals surface area contributed by atoms with E-state index in [1.807, 2.05) is 6.92 Å². The topological polar surface area (TPSA) is 88.2 Å². The van der Waals surface area contributed by atoms with Gasteiger partial charge in [-0.15, -0.1) is 0 Å². The number of nitrogens with one attached hydrogen (secondary N) is 1. The van der Waals surface area contributed by atoms with Gasteiger partial charge in [0.15, 0.2) is 0 Å². The van der Waals surface area contributed by atoms with Crippen molar-refractivity contribution in [2.75, 3.05) is 13.1 Å². The molecule has 2 rings (SSSR count). The summed E-state index contributed by atoms with van der Waals surface area (Å²) in [7, 11) is 0. The standard InChI is InChI=1S/C22H31N3O2/c1-14(2)11-20-18(9-10-23)22(17-7-5-15(3)6-8-17)19(16(4)25-20)12-24-13-21(26)27/h5-8,14,24H,9-13,23H2,1-4H3,(H,26,27). The Hall–Kier alpha value is -2.24. The fourth-order valence-electron chi connectivity index (χ4n) is 3.39. The Morgan fingerprint density at radius 3 is 2.41 bits per heavy atom. The van der Waals surface area contributed by atoms with Crippen molar-refractivity contribution in [2.24, 2.45) is 11.7 Å². The highest BCUT2D eigenvalue weighted by Crippen LogP contribution is 2.33. The van der Waals surface area contributed by atoms with E-state index in [2.05, 4.69) is 50.4 Å². The van der Waals surface area contributed by atoms with Gasteiger partial charge in [0.05, 0.1) is 6.54 Å². The van der Waals surface area contributed by atoms with Crippen molar-refractivity contribution in [1.29, 1.82) is 0 Å². The third-order valence-corrected chi connectivity index (χ3v) is 4.61. The fourth-order valence-corrected chi connectivity index (χ4v) is 3.39. The minimum Gasteiger partial charge on any atom is -0.480 e. The van der Waals surface area contributed by atoms with Crippen molar-refractivity contribution in [3.8, 4) is 11.1 Å². The van der Waals surface area contributed by atoms with Crippen molar-refractivity contribution in [1.82, 2.24) is 10.3 Å². The molecule has 0 bridgehead atoms. The van der Waals surface area contributed by atoms with Gasteiger partial charge >= 0.3 is 5.97 Å². The van der Waals surface area contributed by atoms with E-state index in [0.717, 1.165) is 40.9 Å². The second-order valence-corrected chi connectivity index (χ2v) is 7.48. The molecule has 2 aromatic rings. The Morgan fingerprint density at radius 2 is 1.85 bits per heavy atom. The molecule has 0 atom stereocenters. The molecule has 0 unspecified atom stereocenters. The molecular formula is C22H31N3O2. The molecule has 1 aromatic carbocycles. The molecule has 0 aliphatic rings. The van der Waals surface area contributed by atoms with Crippen LogP contribution in [0.5, 0.6) is 0 Å². The molecule has 146 valence electrons. The van der Waals surface area contributed by atoms with Crippen molar-refractivity contribution < 1.29 is 9.90 Å². The Balaban J connectivity index is 2.64. The third-order valence-electron chi connectivity index (χ3n) is 4.61. The largest absolute Gasteiger partial charge is 0.480 e.